The monoisotopic (exact) mass is 261 g/mol. The molecule has 0 radical (unpaired) electrons. The number of nitrogens with one attached hydrogen (secondary N) is 1. The SMILES string of the molecule is CC1CC(C)(C)CC1NCc1ccc2c(c1)OCO2. The van der Waals surface area contributed by atoms with E-state index in [1.807, 2.05) is 6.07 Å². The second-order valence-electron chi connectivity index (χ2n) is 6.72. The molecule has 1 aliphatic carbocycles. The zero-order valence-corrected chi connectivity index (χ0v) is 12.0. The quantitative estimate of drug-likeness (QED) is 0.905. The smallest absolute Gasteiger partial charge is 0.231 e. The van der Waals surface area contributed by atoms with Crippen molar-refractivity contribution in [2.24, 2.45) is 11.3 Å². The Labute approximate surface area is 115 Å². The third-order valence-corrected chi connectivity index (χ3v) is 4.34. The Balaban J connectivity index is 1.61. The van der Waals surface area contributed by atoms with Gasteiger partial charge in [0.15, 0.2) is 11.5 Å². The van der Waals surface area contributed by atoms with Crippen LogP contribution in [-0.2, 0) is 6.54 Å². The van der Waals surface area contributed by atoms with Gasteiger partial charge in [-0.25, -0.2) is 0 Å². The van der Waals surface area contributed by atoms with Gasteiger partial charge < -0.3 is 14.8 Å². The Morgan fingerprint density at radius 2 is 2.00 bits per heavy atom. The van der Waals surface area contributed by atoms with E-state index in [9.17, 15) is 0 Å². The summed E-state index contributed by atoms with van der Waals surface area (Å²) in [6, 6.07) is 6.83. The molecule has 1 fully saturated rings. The highest BCUT2D eigenvalue weighted by molar-refractivity contribution is 5.44. The van der Waals surface area contributed by atoms with E-state index < -0.39 is 0 Å². The van der Waals surface area contributed by atoms with E-state index in [0.717, 1.165) is 24.0 Å². The van der Waals surface area contributed by atoms with Gasteiger partial charge in [0.25, 0.3) is 0 Å². The van der Waals surface area contributed by atoms with Crippen molar-refractivity contribution >= 4 is 0 Å². The molecule has 0 bridgehead atoms. The van der Waals surface area contributed by atoms with Crippen LogP contribution in [0.25, 0.3) is 0 Å². The van der Waals surface area contributed by atoms with Gasteiger partial charge in [-0.2, -0.15) is 0 Å². The minimum Gasteiger partial charge on any atom is -0.454 e. The van der Waals surface area contributed by atoms with Crippen LogP contribution in [-0.4, -0.2) is 12.8 Å². The number of hydrogen-bond acceptors (Lipinski definition) is 3. The van der Waals surface area contributed by atoms with Crippen LogP contribution in [0.4, 0.5) is 0 Å². The highest BCUT2D eigenvalue weighted by atomic mass is 16.7. The van der Waals surface area contributed by atoms with Gasteiger partial charge >= 0.3 is 0 Å². The second kappa shape index (κ2) is 4.71. The second-order valence-corrected chi connectivity index (χ2v) is 6.72. The lowest BCUT2D eigenvalue weighted by Gasteiger charge is -2.18. The molecule has 1 heterocycles. The zero-order valence-electron chi connectivity index (χ0n) is 12.0. The first-order valence-electron chi connectivity index (χ1n) is 7.15. The van der Waals surface area contributed by atoms with Crippen LogP contribution in [0.5, 0.6) is 11.5 Å². The highest BCUT2D eigenvalue weighted by Crippen LogP contribution is 2.41. The first kappa shape index (κ1) is 12.8. The van der Waals surface area contributed by atoms with Crippen LogP contribution >= 0.6 is 0 Å². The van der Waals surface area contributed by atoms with Crippen molar-refractivity contribution in [3.63, 3.8) is 0 Å². The molecule has 3 rings (SSSR count). The molecule has 19 heavy (non-hydrogen) atoms. The molecule has 1 aromatic rings. The molecule has 1 N–H and O–H groups in total. The Kier molecular flexibility index (Phi) is 3.17. The summed E-state index contributed by atoms with van der Waals surface area (Å²) >= 11 is 0. The maximum Gasteiger partial charge on any atom is 0.231 e. The summed E-state index contributed by atoms with van der Waals surface area (Å²) in [6.07, 6.45) is 2.57. The third-order valence-electron chi connectivity index (χ3n) is 4.34. The van der Waals surface area contributed by atoms with E-state index in [-0.39, 0.29) is 0 Å². The van der Waals surface area contributed by atoms with Gasteiger partial charge in [-0.1, -0.05) is 26.8 Å². The van der Waals surface area contributed by atoms with Gasteiger partial charge in [-0.05, 0) is 41.9 Å². The fourth-order valence-electron chi connectivity index (χ4n) is 3.47. The van der Waals surface area contributed by atoms with Gasteiger partial charge in [0, 0.05) is 12.6 Å². The molecule has 1 aromatic carbocycles. The number of fused-ring (bicyclic) bond motifs is 1. The maximum absolute atomic E-state index is 5.42. The third kappa shape index (κ3) is 2.71. The lowest BCUT2D eigenvalue weighted by molar-refractivity contribution is 0.174. The van der Waals surface area contributed by atoms with E-state index in [0.29, 0.717) is 18.2 Å². The molecule has 1 aliphatic heterocycles. The number of ether oxygens (including phenoxy) is 2. The summed E-state index contributed by atoms with van der Waals surface area (Å²) < 4.78 is 10.7. The van der Waals surface area contributed by atoms with Crippen LogP contribution in [0, 0.1) is 11.3 Å². The Bertz CT molecular complexity index is 470. The van der Waals surface area contributed by atoms with Crippen LogP contribution in [0.15, 0.2) is 18.2 Å². The standard InChI is InChI=1S/C16H23NO2/c1-11-7-16(2,3)8-13(11)17-9-12-4-5-14-15(6-12)19-10-18-14/h4-6,11,13,17H,7-10H2,1-3H3. The molecule has 2 aliphatic rings. The van der Waals surface area contributed by atoms with Crippen LogP contribution in [0.3, 0.4) is 0 Å². The Morgan fingerprint density at radius 1 is 1.21 bits per heavy atom. The fraction of sp³-hybridized carbons (Fsp3) is 0.625. The number of rotatable bonds is 3. The van der Waals surface area contributed by atoms with Crippen molar-refractivity contribution in [3.05, 3.63) is 23.8 Å². The summed E-state index contributed by atoms with van der Waals surface area (Å²) in [5, 5.41) is 3.70. The average molecular weight is 261 g/mol. The van der Waals surface area contributed by atoms with Gasteiger partial charge in [-0.15, -0.1) is 0 Å². The van der Waals surface area contributed by atoms with Crippen molar-refractivity contribution < 1.29 is 9.47 Å². The molecule has 2 unspecified atom stereocenters. The minimum atomic E-state index is 0.347. The summed E-state index contributed by atoms with van der Waals surface area (Å²) in [5.74, 6) is 2.49. The van der Waals surface area contributed by atoms with E-state index in [2.05, 4.69) is 38.2 Å². The van der Waals surface area contributed by atoms with Gasteiger partial charge in [0.05, 0.1) is 0 Å². The first-order valence-corrected chi connectivity index (χ1v) is 7.15. The highest BCUT2D eigenvalue weighted by Gasteiger charge is 2.36. The predicted molar refractivity (Wildman–Crippen MR) is 75.4 cm³/mol. The summed E-state index contributed by atoms with van der Waals surface area (Å²) in [6.45, 7) is 8.34. The minimum absolute atomic E-state index is 0.347. The number of benzene rings is 1. The molecule has 0 saturated heterocycles. The molecular weight excluding hydrogens is 238 g/mol. The van der Waals surface area contributed by atoms with Crippen molar-refractivity contribution in [3.8, 4) is 11.5 Å². The van der Waals surface area contributed by atoms with Crippen molar-refractivity contribution in [1.29, 1.82) is 0 Å². The van der Waals surface area contributed by atoms with Crippen LogP contribution in [0.1, 0.15) is 39.2 Å². The summed E-state index contributed by atoms with van der Waals surface area (Å²) in [7, 11) is 0. The molecule has 104 valence electrons. The van der Waals surface area contributed by atoms with E-state index >= 15 is 0 Å². The summed E-state index contributed by atoms with van der Waals surface area (Å²) in [5.41, 5.74) is 1.74. The fourth-order valence-corrected chi connectivity index (χ4v) is 3.47. The largest absolute Gasteiger partial charge is 0.454 e. The maximum atomic E-state index is 5.42. The molecule has 0 amide bonds. The molecule has 2 atom stereocenters. The molecule has 1 saturated carbocycles. The molecule has 0 spiro atoms. The number of hydrogen-bond donors (Lipinski definition) is 1. The Morgan fingerprint density at radius 3 is 2.74 bits per heavy atom. The van der Waals surface area contributed by atoms with Crippen molar-refractivity contribution in [1.82, 2.24) is 5.32 Å². The van der Waals surface area contributed by atoms with Gasteiger partial charge in [-0.3, -0.25) is 0 Å². The summed E-state index contributed by atoms with van der Waals surface area (Å²) in [4.78, 5) is 0. The molecule has 3 heteroatoms. The van der Waals surface area contributed by atoms with Crippen molar-refractivity contribution in [2.45, 2.75) is 46.2 Å². The van der Waals surface area contributed by atoms with Gasteiger partial charge in [0.2, 0.25) is 6.79 Å². The van der Waals surface area contributed by atoms with E-state index in [1.165, 1.54) is 18.4 Å². The molecular formula is C16H23NO2. The predicted octanol–water partition coefficient (Wildman–Crippen LogP) is 3.33. The lowest BCUT2D eigenvalue weighted by atomic mass is 9.91. The van der Waals surface area contributed by atoms with E-state index in [1.54, 1.807) is 0 Å². The van der Waals surface area contributed by atoms with E-state index in [4.69, 9.17) is 9.47 Å². The molecule has 3 nitrogen and oxygen atoms in total. The first-order chi connectivity index (χ1) is 9.03. The Hall–Kier alpha value is -1.22. The lowest BCUT2D eigenvalue weighted by Crippen LogP contribution is -2.31. The normalized spacial score (nSPS) is 27.7. The average Bonchev–Trinajstić information content (AvgIpc) is 2.89. The molecule has 0 aromatic heterocycles. The van der Waals surface area contributed by atoms with Crippen LogP contribution in [0.2, 0.25) is 0 Å². The van der Waals surface area contributed by atoms with Gasteiger partial charge in [0.1, 0.15) is 0 Å². The van der Waals surface area contributed by atoms with Crippen molar-refractivity contribution in [2.75, 3.05) is 6.79 Å². The van der Waals surface area contributed by atoms with Crippen LogP contribution < -0.4 is 14.8 Å². The topological polar surface area (TPSA) is 30.5 Å². The zero-order chi connectivity index (χ0) is 13.5.